The number of ether oxygens (including phenoxy) is 2. The minimum absolute atomic E-state index is 0.0944. The molecule has 0 saturated heterocycles. The Morgan fingerprint density at radius 2 is 1.22 bits per heavy atom. The molecule has 6 heteroatoms. The minimum atomic E-state index is -0.0944. The molecule has 0 amide bonds. The molecule has 0 aromatic carbocycles. The van der Waals surface area contributed by atoms with E-state index in [1.807, 2.05) is 0 Å². The highest BCUT2D eigenvalue weighted by atomic mass is 32.1. The summed E-state index contributed by atoms with van der Waals surface area (Å²) in [6.45, 7) is 9.93. The van der Waals surface area contributed by atoms with Gasteiger partial charge in [0.05, 0.1) is 26.4 Å². The Hall–Kier alpha value is 0.800. The summed E-state index contributed by atoms with van der Waals surface area (Å²) in [6, 6.07) is 0. The fourth-order valence-electron chi connectivity index (χ4n) is 4.17. The molecule has 0 aromatic rings. The van der Waals surface area contributed by atoms with Gasteiger partial charge in [0.2, 0.25) is 0 Å². The molecule has 23 heavy (non-hydrogen) atoms. The molecule has 2 rings (SSSR count). The summed E-state index contributed by atoms with van der Waals surface area (Å²) in [5.74, 6) is 0.746. The van der Waals surface area contributed by atoms with Gasteiger partial charge in [0.1, 0.15) is 0 Å². The van der Waals surface area contributed by atoms with Crippen LogP contribution in [0.5, 0.6) is 0 Å². The van der Waals surface area contributed by atoms with Gasteiger partial charge in [-0.15, -0.1) is 13.2 Å². The molecule has 2 aliphatic rings. The SMILES string of the molecule is C=CCOCC1CC(S)C2(C(S)CC(COCC=C)C2S)C1S. The Morgan fingerprint density at radius 3 is 1.57 bits per heavy atom. The first-order chi connectivity index (χ1) is 11.0. The summed E-state index contributed by atoms with van der Waals surface area (Å²) < 4.78 is 11.4. The first-order valence-electron chi connectivity index (χ1n) is 8.09. The Morgan fingerprint density at radius 1 is 0.826 bits per heavy atom. The van der Waals surface area contributed by atoms with Crippen molar-refractivity contribution in [3.8, 4) is 0 Å². The number of hydrogen-bond acceptors (Lipinski definition) is 6. The van der Waals surface area contributed by atoms with Crippen molar-refractivity contribution >= 4 is 50.5 Å². The second-order valence-electron chi connectivity index (χ2n) is 6.57. The van der Waals surface area contributed by atoms with Crippen LogP contribution in [0, 0.1) is 17.3 Å². The van der Waals surface area contributed by atoms with Gasteiger partial charge in [0.25, 0.3) is 0 Å². The first-order valence-corrected chi connectivity index (χ1v) is 10.2. The number of thiol groups is 4. The maximum absolute atomic E-state index is 5.68. The molecule has 2 nitrogen and oxygen atoms in total. The molecular weight excluding hydrogens is 364 g/mol. The Bertz CT molecular complexity index is 379. The smallest absolute Gasteiger partial charge is 0.0644 e. The molecule has 1 spiro atoms. The van der Waals surface area contributed by atoms with Gasteiger partial charge in [-0.25, -0.2) is 0 Å². The second-order valence-corrected chi connectivity index (χ2v) is 8.92. The van der Waals surface area contributed by atoms with Crippen LogP contribution in [0.4, 0.5) is 0 Å². The van der Waals surface area contributed by atoms with Gasteiger partial charge < -0.3 is 9.47 Å². The third-order valence-electron chi connectivity index (χ3n) is 5.26. The van der Waals surface area contributed by atoms with Crippen molar-refractivity contribution in [2.45, 2.75) is 33.8 Å². The standard InChI is InChI=1S/C17H28O2S4/c1-3-5-18-9-11-7-13(20)17(15(11)22)14(21)8-12(16(17)23)10-19-6-4-2/h3-4,11-16,20-23H,1-2,5-10H2. The highest BCUT2D eigenvalue weighted by molar-refractivity contribution is 7.84. The van der Waals surface area contributed by atoms with Crippen LogP contribution in [0.15, 0.2) is 25.3 Å². The zero-order chi connectivity index (χ0) is 17.0. The minimum Gasteiger partial charge on any atom is -0.377 e. The third-order valence-corrected chi connectivity index (χ3v) is 8.31. The summed E-state index contributed by atoms with van der Waals surface area (Å²) in [6.07, 6.45) is 5.54. The van der Waals surface area contributed by atoms with Crippen LogP contribution in [0.2, 0.25) is 0 Å². The van der Waals surface area contributed by atoms with E-state index in [4.69, 9.17) is 60.0 Å². The predicted octanol–water partition coefficient (Wildman–Crippen LogP) is 3.61. The zero-order valence-electron chi connectivity index (χ0n) is 13.4. The van der Waals surface area contributed by atoms with E-state index in [2.05, 4.69) is 13.2 Å². The lowest BCUT2D eigenvalue weighted by Crippen LogP contribution is -2.47. The molecular formula is C17H28O2S4. The van der Waals surface area contributed by atoms with Gasteiger partial charge in [0.15, 0.2) is 0 Å². The number of hydrogen-bond donors (Lipinski definition) is 4. The van der Waals surface area contributed by atoms with Gasteiger partial charge in [-0.1, -0.05) is 12.2 Å². The average Bonchev–Trinajstić information content (AvgIpc) is 2.92. The Kier molecular flexibility index (Phi) is 7.83. The Balaban J connectivity index is 2.09. The molecule has 0 aromatic heterocycles. The molecule has 2 fully saturated rings. The van der Waals surface area contributed by atoms with E-state index in [0.29, 0.717) is 38.3 Å². The topological polar surface area (TPSA) is 18.5 Å². The van der Waals surface area contributed by atoms with Crippen molar-refractivity contribution in [3.05, 3.63) is 25.3 Å². The predicted molar refractivity (Wildman–Crippen MR) is 112 cm³/mol. The van der Waals surface area contributed by atoms with Gasteiger partial charge in [0, 0.05) is 26.4 Å². The van der Waals surface area contributed by atoms with Gasteiger partial charge in [-0.2, -0.15) is 50.5 Å². The Labute approximate surface area is 162 Å². The molecule has 2 saturated carbocycles. The fraction of sp³-hybridized carbons (Fsp3) is 0.765. The first kappa shape index (κ1) is 20.1. The molecule has 0 heterocycles. The summed E-state index contributed by atoms with van der Waals surface area (Å²) in [7, 11) is 0. The van der Waals surface area contributed by atoms with Crippen molar-refractivity contribution in [2.75, 3.05) is 26.4 Å². The molecule has 0 bridgehead atoms. The van der Waals surface area contributed by atoms with Crippen LogP contribution in [0.1, 0.15) is 12.8 Å². The monoisotopic (exact) mass is 392 g/mol. The van der Waals surface area contributed by atoms with Crippen molar-refractivity contribution in [1.82, 2.24) is 0 Å². The fourth-order valence-corrected chi connectivity index (χ4v) is 7.87. The van der Waals surface area contributed by atoms with Gasteiger partial charge >= 0.3 is 0 Å². The van der Waals surface area contributed by atoms with E-state index in [-0.39, 0.29) is 26.4 Å². The maximum Gasteiger partial charge on any atom is 0.0644 e. The van der Waals surface area contributed by atoms with E-state index < -0.39 is 0 Å². The van der Waals surface area contributed by atoms with Crippen LogP contribution in [-0.4, -0.2) is 47.4 Å². The lowest BCUT2D eigenvalue weighted by molar-refractivity contribution is 0.115. The van der Waals surface area contributed by atoms with E-state index in [9.17, 15) is 0 Å². The molecule has 0 radical (unpaired) electrons. The van der Waals surface area contributed by atoms with Crippen molar-refractivity contribution in [2.24, 2.45) is 17.3 Å². The molecule has 6 unspecified atom stereocenters. The summed E-state index contributed by atoms with van der Waals surface area (Å²) >= 11 is 19.8. The van der Waals surface area contributed by atoms with Crippen molar-refractivity contribution in [1.29, 1.82) is 0 Å². The molecule has 132 valence electrons. The summed E-state index contributed by atoms with van der Waals surface area (Å²) in [5.41, 5.74) is -0.0944. The maximum atomic E-state index is 5.68. The molecule has 6 atom stereocenters. The molecule has 0 aliphatic heterocycles. The molecule has 0 N–H and O–H groups in total. The lowest BCUT2D eigenvalue weighted by atomic mass is 9.80. The van der Waals surface area contributed by atoms with E-state index >= 15 is 0 Å². The zero-order valence-corrected chi connectivity index (χ0v) is 17.0. The van der Waals surface area contributed by atoms with Crippen LogP contribution in [-0.2, 0) is 9.47 Å². The lowest BCUT2D eigenvalue weighted by Gasteiger charge is -2.41. The van der Waals surface area contributed by atoms with Crippen molar-refractivity contribution in [3.63, 3.8) is 0 Å². The average molecular weight is 393 g/mol. The van der Waals surface area contributed by atoms with Crippen LogP contribution in [0.25, 0.3) is 0 Å². The van der Waals surface area contributed by atoms with E-state index in [0.717, 1.165) is 12.8 Å². The van der Waals surface area contributed by atoms with Crippen molar-refractivity contribution < 1.29 is 9.47 Å². The van der Waals surface area contributed by atoms with Gasteiger partial charge in [-0.3, -0.25) is 0 Å². The van der Waals surface area contributed by atoms with Crippen LogP contribution in [0.3, 0.4) is 0 Å². The van der Waals surface area contributed by atoms with E-state index in [1.165, 1.54) is 0 Å². The normalized spacial score (nSPS) is 43.1. The van der Waals surface area contributed by atoms with E-state index in [1.54, 1.807) is 12.2 Å². The summed E-state index contributed by atoms with van der Waals surface area (Å²) in [5, 5.41) is 0.835. The molecule has 2 aliphatic carbocycles. The quantitative estimate of drug-likeness (QED) is 0.287. The second kappa shape index (κ2) is 8.95. The number of rotatable bonds is 8. The van der Waals surface area contributed by atoms with Crippen LogP contribution < -0.4 is 0 Å². The van der Waals surface area contributed by atoms with Crippen LogP contribution >= 0.6 is 50.5 Å². The largest absolute Gasteiger partial charge is 0.377 e. The highest BCUT2D eigenvalue weighted by Crippen LogP contribution is 2.61. The van der Waals surface area contributed by atoms with Gasteiger partial charge in [-0.05, 0) is 24.7 Å². The summed E-state index contributed by atoms with van der Waals surface area (Å²) in [4.78, 5) is 0. The third kappa shape index (κ3) is 3.82. The highest BCUT2D eigenvalue weighted by Gasteiger charge is 2.63.